The molecule has 0 N–H and O–H groups in total. The molecule has 0 aliphatic heterocycles. The molecular formula is C18H34Si3Zr-4. The van der Waals surface area contributed by atoms with Gasteiger partial charge in [0.05, 0.1) is 0 Å². The van der Waals surface area contributed by atoms with Crippen LogP contribution in [0.15, 0.2) is 48.5 Å². The molecule has 0 saturated heterocycles. The molecule has 0 fully saturated rings. The minimum absolute atomic E-state index is 0. The van der Waals surface area contributed by atoms with Crippen molar-refractivity contribution in [2.45, 2.75) is 39.3 Å². The molecule has 0 atom stereocenters. The Kier molecular flexibility index (Phi) is 15.6. The van der Waals surface area contributed by atoms with Gasteiger partial charge >= 0.3 is 30.2 Å². The van der Waals surface area contributed by atoms with Crippen LogP contribution in [0.5, 0.6) is 0 Å². The van der Waals surface area contributed by atoms with Crippen LogP contribution < -0.4 is 10.4 Å². The molecular weight excluding hydrogens is 392 g/mol. The molecule has 0 aliphatic rings. The van der Waals surface area contributed by atoms with Crippen LogP contribution in [0, 0.1) is 14.9 Å². The Hall–Kier alpha value is 0.234. The fourth-order valence-corrected chi connectivity index (χ4v) is 4.13. The van der Waals surface area contributed by atoms with Crippen molar-refractivity contribution in [2.75, 3.05) is 0 Å². The maximum absolute atomic E-state index is 2.36. The summed E-state index contributed by atoms with van der Waals surface area (Å²) in [4.78, 5) is 0. The first kappa shape index (κ1) is 27.1. The molecule has 2 aromatic rings. The van der Waals surface area contributed by atoms with Crippen LogP contribution in [-0.2, 0) is 23.3 Å². The Labute approximate surface area is 158 Å². The van der Waals surface area contributed by atoms with Crippen molar-refractivity contribution in [2.24, 2.45) is 0 Å². The zero-order chi connectivity index (χ0) is 15.8. The second-order valence-corrected chi connectivity index (χ2v) is 17.0. The molecule has 126 valence electrons. The van der Waals surface area contributed by atoms with E-state index in [9.17, 15) is 0 Å². The van der Waals surface area contributed by atoms with Crippen LogP contribution >= 0.6 is 0 Å². The summed E-state index contributed by atoms with van der Waals surface area (Å²) in [5.74, 6) is 0. The molecule has 0 radical (unpaired) electrons. The zero-order valence-corrected chi connectivity index (χ0v) is 21.7. The summed E-state index contributed by atoms with van der Waals surface area (Å²) in [7, 11) is -1.96. The van der Waals surface area contributed by atoms with Crippen molar-refractivity contribution in [3.8, 4) is 0 Å². The van der Waals surface area contributed by atoms with Gasteiger partial charge in [0, 0.05) is 16.1 Å². The van der Waals surface area contributed by atoms with Crippen LogP contribution in [0.25, 0.3) is 0 Å². The SMILES string of the molecule is C[Si](C)(C)c1cc[cH-]c1.C[Si](C)(C)c1cc[cH-]c1.[CH3-].[CH3-].[SiH2]=[Zr]. The Bertz CT molecular complexity index is 401. The predicted octanol–water partition coefficient (Wildman–Crippen LogP) is 3.88. The monoisotopic (exact) mass is 424 g/mol. The van der Waals surface area contributed by atoms with E-state index in [1.807, 2.05) is 6.88 Å². The van der Waals surface area contributed by atoms with Crippen LogP contribution in [0.2, 0.25) is 39.3 Å². The summed E-state index contributed by atoms with van der Waals surface area (Å²) in [5.41, 5.74) is 0. The van der Waals surface area contributed by atoms with Gasteiger partial charge in [-0.05, 0) is 0 Å². The van der Waals surface area contributed by atoms with Gasteiger partial charge in [-0.2, -0.15) is 36.4 Å². The first-order chi connectivity index (χ1) is 9.21. The van der Waals surface area contributed by atoms with Crippen molar-refractivity contribution < 1.29 is 23.3 Å². The first-order valence-corrected chi connectivity index (χ1v) is 19.9. The van der Waals surface area contributed by atoms with Crippen LogP contribution in [0.1, 0.15) is 0 Å². The normalized spacial score (nSPS) is 9.86. The summed E-state index contributed by atoms with van der Waals surface area (Å²) in [5, 5.41) is 3.12. The van der Waals surface area contributed by atoms with Crippen LogP contribution in [-0.4, -0.2) is 23.0 Å². The van der Waals surface area contributed by atoms with E-state index in [1.165, 1.54) is 0 Å². The van der Waals surface area contributed by atoms with E-state index in [4.69, 9.17) is 0 Å². The van der Waals surface area contributed by atoms with Crippen LogP contribution in [0.4, 0.5) is 0 Å². The molecule has 0 spiro atoms. The molecule has 0 aromatic heterocycles. The van der Waals surface area contributed by atoms with Gasteiger partial charge in [0.2, 0.25) is 0 Å². The van der Waals surface area contributed by atoms with Gasteiger partial charge in [-0.15, -0.1) is 0 Å². The molecule has 0 saturated carbocycles. The molecule has 22 heavy (non-hydrogen) atoms. The van der Waals surface area contributed by atoms with E-state index in [-0.39, 0.29) is 14.9 Å². The second-order valence-electron chi connectivity index (χ2n) is 6.85. The summed E-state index contributed by atoms with van der Waals surface area (Å²) in [6.45, 7) is 16.1. The molecule has 0 unspecified atom stereocenters. The van der Waals surface area contributed by atoms with Crippen molar-refractivity contribution in [1.82, 2.24) is 0 Å². The van der Waals surface area contributed by atoms with Crippen molar-refractivity contribution in [3.05, 3.63) is 63.4 Å². The maximum atomic E-state index is 2.36. The average molecular weight is 426 g/mol. The number of rotatable bonds is 2. The van der Waals surface area contributed by atoms with Crippen LogP contribution in [0.3, 0.4) is 0 Å². The first-order valence-electron chi connectivity index (χ1n) is 7.01. The fraction of sp³-hybridized carbons (Fsp3) is 0.333. The Morgan fingerprint density at radius 3 is 1.09 bits per heavy atom. The van der Waals surface area contributed by atoms with E-state index in [2.05, 4.69) is 87.8 Å². The Morgan fingerprint density at radius 2 is 1.00 bits per heavy atom. The third-order valence-corrected chi connectivity index (χ3v) is 7.19. The van der Waals surface area contributed by atoms with E-state index < -0.39 is 16.1 Å². The van der Waals surface area contributed by atoms with Gasteiger partial charge in [-0.25, -0.2) is 22.5 Å². The molecule has 0 amide bonds. The standard InChI is InChI=1S/2C8H13Si.2CH3.H2Si.Zr/c2*1-9(2,3)8-6-4-5-7-8;;;;/h2*4-7H,1-3H3;2*1H3;1H2;/q4*-1;;. The van der Waals surface area contributed by atoms with Gasteiger partial charge in [0.1, 0.15) is 0 Å². The molecule has 4 heteroatoms. The summed E-state index contributed by atoms with van der Waals surface area (Å²) < 4.78 is 0. The second kappa shape index (κ2) is 12.6. The van der Waals surface area contributed by atoms with Crippen molar-refractivity contribution in [3.63, 3.8) is 0 Å². The number of hydrogen-bond donors (Lipinski definition) is 0. The number of hydrogen-bond acceptors (Lipinski definition) is 0. The third kappa shape index (κ3) is 10.9. The summed E-state index contributed by atoms with van der Waals surface area (Å²) in [6, 6.07) is 17.4. The molecule has 0 heterocycles. The van der Waals surface area contributed by atoms with Gasteiger partial charge in [0.25, 0.3) is 0 Å². The Morgan fingerprint density at radius 1 is 0.727 bits per heavy atom. The summed E-state index contributed by atoms with van der Waals surface area (Å²) >= 11 is 1.58. The average Bonchev–Trinajstić information content (AvgIpc) is 3.04. The van der Waals surface area contributed by atoms with Gasteiger partial charge in [-0.1, -0.05) is 39.3 Å². The van der Waals surface area contributed by atoms with E-state index in [0.29, 0.717) is 0 Å². The Balaban J connectivity index is -0.000000273. The molecule has 2 aromatic carbocycles. The predicted molar refractivity (Wildman–Crippen MR) is 111 cm³/mol. The van der Waals surface area contributed by atoms with Gasteiger partial charge in [0.15, 0.2) is 0 Å². The third-order valence-electron chi connectivity index (χ3n) is 3.06. The van der Waals surface area contributed by atoms with Gasteiger partial charge in [-0.3, -0.25) is 0 Å². The molecule has 0 nitrogen and oxygen atoms in total. The minimum atomic E-state index is -0.981. The van der Waals surface area contributed by atoms with E-state index in [0.717, 1.165) is 0 Å². The topological polar surface area (TPSA) is 0 Å². The quantitative estimate of drug-likeness (QED) is 0.506. The molecule has 2 rings (SSSR count). The van der Waals surface area contributed by atoms with E-state index in [1.54, 1.807) is 33.7 Å². The molecule has 0 aliphatic carbocycles. The summed E-state index contributed by atoms with van der Waals surface area (Å²) in [6.07, 6.45) is 0. The van der Waals surface area contributed by atoms with Gasteiger partial charge < -0.3 is 14.9 Å². The fourth-order valence-electron chi connectivity index (χ4n) is 1.75. The molecule has 0 bridgehead atoms. The van der Waals surface area contributed by atoms with Crippen molar-refractivity contribution >= 4 is 33.4 Å². The zero-order valence-electron chi connectivity index (χ0n) is 15.8. The van der Waals surface area contributed by atoms with E-state index >= 15 is 0 Å². The van der Waals surface area contributed by atoms with Crippen molar-refractivity contribution in [1.29, 1.82) is 0 Å².